The second-order valence-electron chi connectivity index (χ2n) is 7.88. The van der Waals surface area contributed by atoms with Crippen LogP contribution in [-0.4, -0.2) is 17.0 Å². The molecule has 2 heteroatoms. The molecule has 4 rings (SSSR count). The lowest BCUT2D eigenvalue weighted by Crippen LogP contribution is -2.46. The van der Waals surface area contributed by atoms with Crippen LogP contribution in [0, 0.1) is 29.1 Å². The van der Waals surface area contributed by atoms with Crippen molar-refractivity contribution < 1.29 is 9.90 Å². The number of Topliss-reactive ketones (excluding diaryl/α,β-unsaturated/α-hetero) is 1. The first kappa shape index (κ1) is 13.1. The summed E-state index contributed by atoms with van der Waals surface area (Å²) >= 11 is 0. The number of allylic oxidation sites excluding steroid dienone is 1. The fourth-order valence-corrected chi connectivity index (χ4v) is 6.08. The van der Waals surface area contributed by atoms with E-state index in [4.69, 9.17) is 0 Å². The molecular formula is C18H26O2. The number of hydrogen-bond donors (Lipinski definition) is 1. The number of hydrogen-bond acceptors (Lipinski definition) is 2. The van der Waals surface area contributed by atoms with Crippen molar-refractivity contribution in [2.24, 2.45) is 29.1 Å². The standard InChI is InChI=1S/C18H26O2/c1-18-9-8-14-13-5-3-12(19)10-11(13)2-4-15(14)16(18)6-7-17(18)20/h10,12-16,19H,2-9H2,1H3/t12?,13-,14+,15+,16-,18-/m0/s1. The van der Waals surface area contributed by atoms with Crippen molar-refractivity contribution in [3.63, 3.8) is 0 Å². The molecule has 0 heterocycles. The topological polar surface area (TPSA) is 37.3 Å². The van der Waals surface area contributed by atoms with Crippen LogP contribution in [0.3, 0.4) is 0 Å². The maximum atomic E-state index is 12.3. The van der Waals surface area contributed by atoms with E-state index in [9.17, 15) is 9.90 Å². The zero-order valence-electron chi connectivity index (χ0n) is 12.5. The lowest BCUT2D eigenvalue weighted by molar-refractivity contribution is -0.131. The summed E-state index contributed by atoms with van der Waals surface area (Å²) in [6, 6.07) is 0. The molecule has 4 aliphatic rings. The smallest absolute Gasteiger partial charge is 0.139 e. The monoisotopic (exact) mass is 274 g/mol. The van der Waals surface area contributed by atoms with E-state index in [-0.39, 0.29) is 11.5 Å². The highest BCUT2D eigenvalue weighted by molar-refractivity contribution is 5.87. The number of ketones is 1. The quantitative estimate of drug-likeness (QED) is 0.687. The summed E-state index contributed by atoms with van der Waals surface area (Å²) in [6.45, 7) is 2.25. The Kier molecular flexibility index (Phi) is 2.89. The maximum Gasteiger partial charge on any atom is 0.139 e. The summed E-state index contributed by atoms with van der Waals surface area (Å²) in [7, 11) is 0. The van der Waals surface area contributed by atoms with E-state index >= 15 is 0 Å². The van der Waals surface area contributed by atoms with Crippen LogP contribution in [0.2, 0.25) is 0 Å². The molecule has 0 aromatic heterocycles. The third kappa shape index (κ3) is 1.70. The van der Waals surface area contributed by atoms with Gasteiger partial charge in [-0.2, -0.15) is 0 Å². The molecule has 0 spiro atoms. The molecule has 110 valence electrons. The van der Waals surface area contributed by atoms with E-state index < -0.39 is 0 Å². The highest BCUT2D eigenvalue weighted by atomic mass is 16.3. The molecule has 0 saturated heterocycles. The van der Waals surface area contributed by atoms with Crippen LogP contribution in [0.4, 0.5) is 0 Å². The van der Waals surface area contributed by atoms with Crippen LogP contribution in [0.15, 0.2) is 11.6 Å². The summed E-state index contributed by atoms with van der Waals surface area (Å²) in [4.78, 5) is 12.3. The van der Waals surface area contributed by atoms with Crippen molar-refractivity contribution in [1.29, 1.82) is 0 Å². The number of carbonyl (C=O) groups excluding carboxylic acids is 1. The lowest BCUT2D eigenvalue weighted by atomic mass is 9.52. The normalized spacial score (nSPS) is 51.0. The Balaban J connectivity index is 1.63. The Labute approximate surface area is 121 Å². The van der Waals surface area contributed by atoms with Crippen LogP contribution < -0.4 is 0 Å². The van der Waals surface area contributed by atoms with Gasteiger partial charge in [-0.1, -0.05) is 18.6 Å². The van der Waals surface area contributed by atoms with E-state index in [0.29, 0.717) is 11.7 Å². The molecule has 2 nitrogen and oxygen atoms in total. The molecule has 20 heavy (non-hydrogen) atoms. The number of aliphatic hydroxyl groups excluding tert-OH is 1. The zero-order valence-corrected chi connectivity index (χ0v) is 12.5. The molecule has 0 amide bonds. The number of fused-ring (bicyclic) bond motifs is 5. The predicted molar refractivity (Wildman–Crippen MR) is 78.1 cm³/mol. The Hall–Kier alpha value is -0.630. The fourth-order valence-electron chi connectivity index (χ4n) is 6.08. The molecule has 0 bridgehead atoms. The van der Waals surface area contributed by atoms with Gasteiger partial charge in [0.2, 0.25) is 0 Å². The Morgan fingerprint density at radius 3 is 2.80 bits per heavy atom. The van der Waals surface area contributed by atoms with Gasteiger partial charge >= 0.3 is 0 Å². The van der Waals surface area contributed by atoms with E-state index in [1.54, 1.807) is 0 Å². The molecule has 0 radical (unpaired) electrons. The highest BCUT2D eigenvalue weighted by Gasteiger charge is 2.55. The molecule has 4 aliphatic carbocycles. The second-order valence-corrected chi connectivity index (χ2v) is 7.88. The first-order valence-corrected chi connectivity index (χ1v) is 8.51. The number of rotatable bonds is 0. The van der Waals surface area contributed by atoms with E-state index in [1.165, 1.54) is 31.3 Å². The summed E-state index contributed by atoms with van der Waals surface area (Å²) in [6.07, 6.45) is 10.8. The van der Waals surface area contributed by atoms with Crippen molar-refractivity contribution in [3.8, 4) is 0 Å². The van der Waals surface area contributed by atoms with Crippen molar-refractivity contribution in [3.05, 3.63) is 11.6 Å². The van der Waals surface area contributed by atoms with E-state index in [0.717, 1.165) is 43.4 Å². The first-order chi connectivity index (χ1) is 9.59. The average molecular weight is 274 g/mol. The zero-order chi connectivity index (χ0) is 13.9. The van der Waals surface area contributed by atoms with Crippen LogP contribution in [0.25, 0.3) is 0 Å². The predicted octanol–water partition coefficient (Wildman–Crippen LogP) is 3.49. The molecule has 0 aliphatic heterocycles. The minimum atomic E-state index is -0.195. The minimum absolute atomic E-state index is 0.0105. The van der Waals surface area contributed by atoms with Crippen LogP contribution in [0.1, 0.15) is 58.3 Å². The summed E-state index contributed by atoms with van der Waals surface area (Å²) in [5.41, 5.74) is 1.55. The Morgan fingerprint density at radius 1 is 1.10 bits per heavy atom. The lowest BCUT2D eigenvalue weighted by Gasteiger charge is -2.52. The van der Waals surface area contributed by atoms with E-state index in [1.807, 2.05) is 0 Å². The van der Waals surface area contributed by atoms with Crippen LogP contribution in [0.5, 0.6) is 0 Å². The number of aliphatic hydroxyl groups is 1. The van der Waals surface area contributed by atoms with Gasteiger partial charge in [-0.25, -0.2) is 0 Å². The van der Waals surface area contributed by atoms with Crippen LogP contribution >= 0.6 is 0 Å². The third-order valence-electron chi connectivity index (χ3n) is 7.14. The van der Waals surface area contributed by atoms with Gasteiger partial charge in [0.25, 0.3) is 0 Å². The first-order valence-electron chi connectivity index (χ1n) is 8.51. The van der Waals surface area contributed by atoms with Gasteiger partial charge in [-0.05, 0) is 68.6 Å². The fraction of sp³-hybridized carbons (Fsp3) is 0.833. The Bertz CT molecular complexity index is 466. The van der Waals surface area contributed by atoms with Crippen molar-refractivity contribution in [2.75, 3.05) is 0 Å². The molecule has 3 saturated carbocycles. The average Bonchev–Trinajstić information content (AvgIpc) is 2.74. The van der Waals surface area contributed by atoms with Gasteiger partial charge in [-0.3, -0.25) is 4.79 Å². The van der Waals surface area contributed by atoms with Crippen molar-refractivity contribution >= 4 is 5.78 Å². The summed E-state index contributed by atoms with van der Waals surface area (Å²) < 4.78 is 0. The van der Waals surface area contributed by atoms with Gasteiger partial charge in [0.15, 0.2) is 0 Å². The Morgan fingerprint density at radius 2 is 1.95 bits per heavy atom. The van der Waals surface area contributed by atoms with Gasteiger partial charge in [0.1, 0.15) is 5.78 Å². The molecule has 1 N–H and O–H groups in total. The molecule has 6 atom stereocenters. The van der Waals surface area contributed by atoms with E-state index in [2.05, 4.69) is 13.0 Å². The van der Waals surface area contributed by atoms with Gasteiger partial charge in [0, 0.05) is 11.8 Å². The molecule has 0 aromatic carbocycles. The number of carbonyl (C=O) groups is 1. The van der Waals surface area contributed by atoms with Crippen molar-refractivity contribution in [2.45, 2.75) is 64.4 Å². The second kappa shape index (κ2) is 4.43. The van der Waals surface area contributed by atoms with Gasteiger partial charge in [0.05, 0.1) is 6.10 Å². The molecule has 3 fully saturated rings. The van der Waals surface area contributed by atoms with Crippen LogP contribution in [-0.2, 0) is 4.79 Å². The maximum absolute atomic E-state index is 12.3. The van der Waals surface area contributed by atoms with Gasteiger partial charge in [-0.15, -0.1) is 0 Å². The summed E-state index contributed by atoms with van der Waals surface area (Å²) in [5, 5.41) is 9.85. The third-order valence-corrected chi connectivity index (χ3v) is 7.14. The van der Waals surface area contributed by atoms with Crippen molar-refractivity contribution in [1.82, 2.24) is 0 Å². The largest absolute Gasteiger partial charge is 0.389 e. The SMILES string of the molecule is C[C@]12CC[C@H]3[C@@H](CCC4=CC(O)CC[C@@H]43)[C@@H]1CCC2=O. The summed E-state index contributed by atoms with van der Waals surface area (Å²) in [5.74, 6) is 3.49. The highest BCUT2D eigenvalue weighted by Crippen LogP contribution is 2.60. The molecular weight excluding hydrogens is 248 g/mol. The minimum Gasteiger partial charge on any atom is -0.389 e. The molecule has 0 aromatic rings. The van der Waals surface area contributed by atoms with Gasteiger partial charge < -0.3 is 5.11 Å². The molecule has 1 unspecified atom stereocenters.